The van der Waals surface area contributed by atoms with Gasteiger partial charge in [0.15, 0.2) is 0 Å². The molecule has 0 amide bonds. The van der Waals surface area contributed by atoms with Gasteiger partial charge < -0.3 is 12.6 Å². The molecular weight excluding hydrogens is 378 g/mol. The Labute approximate surface area is 98.6 Å². The summed E-state index contributed by atoms with van der Waals surface area (Å²) in [5.41, 5.74) is 1.41. The maximum absolute atomic E-state index is 4.08. The average molecular weight is 391 g/mol. The van der Waals surface area contributed by atoms with Gasteiger partial charge in [-0.25, -0.2) is 0 Å². The van der Waals surface area contributed by atoms with Crippen LogP contribution in [0.5, 0.6) is 0 Å². The first-order chi connectivity index (χ1) is 4.93. The molecule has 0 N–H and O–H groups in total. The van der Waals surface area contributed by atoms with Crippen LogP contribution in [-0.2, 0) is 19.0 Å². The Morgan fingerprint density at radius 1 is 1.09 bits per heavy atom. The largest absolute Gasteiger partial charge is 0.796 e. The van der Waals surface area contributed by atoms with Crippen LogP contribution in [0, 0.1) is 31.1 Å². The fourth-order valence-electron chi connectivity index (χ4n) is 0.714. The molecule has 0 fully saturated rings. The third-order valence-electron chi connectivity index (χ3n) is 1.25. The van der Waals surface area contributed by atoms with Gasteiger partial charge in [0, 0.05) is 31.1 Å². The van der Waals surface area contributed by atoms with Gasteiger partial charge in [0.05, 0.1) is 0 Å². The molecule has 0 unspecified atom stereocenters. The second-order valence-electron chi connectivity index (χ2n) is 1.84. The van der Waals surface area contributed by atoms with Crippen molar-refractivity contribution in [3.05, 3.63) is 35.9 Å². The molecule has 0 aromatic heterocycles. The number of aryl methyl sites for hydroxylation is 1. The van der Waals surface area contributed by atoms with Gasteiger partial charge in [-0.1, -0.05) is 37.3 Å². The summed E-state index contributed by atoms with van der Waals surface area (Å²) in [5.74, 6) is 0. The molecule has 1 aromatic rings. The van der Waals surface area contributed by atoms with Crippen molar-refractivity contribution < 1.29 is 31.1 Å². The Hall–Kier alpha value is 0.622. The van der Waals surface area contributed by atoms with E-state index in [0.717, 1.165) is 6.42 Å². The van der Waals surface area contributed by atoms with Gasteiger partial charge in [0.1, 0.15) is 0 Å². The van der Waals surface area contributed by atoms with Crippen LogP contribution < -0.4 is 0 Å². The van der Waals surface area contributed by atoms with E-state index < -0.39 is 0 Å². The molecule has 0 aliphatic rings. The maximum Gasteiger partial charge on any atom is 0 e. The third kappa shape index (κ3) is 7.00. The standard InChI is InChI=1S/C8H10.CH4S.U/c1-2-8-6-4-3-5-7-8;1-2;/h3-7H,2H2,1H3;2H,1H3;/p-1. The summed E-state index contributed by atoms with van der Waals surface area (Å²) in [6.45, 7) is 2.16. The quantitative estimate of drug-likeness (QED) is 0.663. The van der Waals surface area contributed by atoms with Crippen LogP contribution in [0.25, 0.3) is 0 Å². The summed E-state index contributed by atoms with van der Waals surface area (Å²) in [4.78, 5) is 0. The second kappa shape index (κ2) is 10.6. The summed E-state index contributed by atoms with van der Waals surface area (Å²) < 4.78 is 0. The fraction of sp³-hybridized carbons (Fsp3) is 0.333. The van der Waals surface area contributed by atoms with Gasteiger partial charge in [0.2, 0.25) is 0 Å². The minimum absolute atomic E-state index is 0. The molecule has 0 nitrogen and oxygen atoms in total. The Morgan fingerprint density at radius 2 is 1.55 bits per heavy atom. The number of benzene rings is 1. The first kappa shape index (κ1) is 14.2. The smallest absolute Gasteiger partial charge is 0 e. The van der Waals surface area contributed by atoms with E-state index in [0.29, 0.717) is 0 Å². The molecule has 0 aliphatic heterocycles. The molecule has 0 saturated heterocycles. The van der Waals surface area contributed by atoms with Gasteiger partial charge in [-0.15, -0.1) is 0 Å². The van der Waals surface area contributed by atoms with E-state index in [1.54, 1.807) is 6.26 Å². The first-order valence-corrected chi connectivity index (χ1v) is 4.20. The predicted molar refractivity (Wildman–Crippen MR) is 49.1 cm³/mol. The number of hydrogen-bond acceptors (Lipinski definition) is 1. The maximum atomic E-state index is 4.08. The van der Waals surface area contributed by atoms with Crippen LogP contribution in [0.1, 0.15) is 12.5 Å². The van der Waals surface area contributed by atoms with Gasteiger partial charge in [-0.3, -0.25) is 0 Å². The Kier molecular flexibility index (Phi) is 13.7. The monoisotopic (exact) mass is 391 g/mol. The molecule has 60 valence electrons. The van der Waals surface area contributed by atoms with Crippen LogP contribution in [0.2, 0.25) is 0 Å². The van der Waals surface area contributed by atoms with Crippen molar-refractivity contribution in [3.8, 4) is 0 Å². The van der Waals surface area contributed by atoms with Crippen molar-refractivity contribution in [3.63, 3.8) is 0 Å². The van der Waals surface area contributed by atoms with Crippen molar-refractivity contribution in [1.82, 2.24) is 0 Å². The minimum Gasteiger partial charge on any atom is -0.796 e. The van der Waals surface area contributed by atoms with E-state index in [-0.39, 0.29) is 31.1 Å². The predicted octanol–water partition coefficient (Wildman–Crippen LogP) is 2.41. The molecule has 1 aromatic carbocycles. The third-order valence-corrected chi connectivity index (χ3v) is 1.25. The van der Waals surface area contributed by atoms with Crippen LogP contribution >= 0.6 is 0 Å². The van der Waals surface area contributed by atoms with Crippen molar-refractivity contribution in [2.45, 2.75) is 13.3 Å². The molecule has 0 atom stereocenters. The molecule has 0 saturated carbocycles. The fourth-order valence-corrected chi connectivity index (χ4v) is 0.714. The number of rotatable bonds is 1. The minimum atomic E-state index is 0. The Bertz CT molecular complexity index is 151. The molecule has 0 bridgehead atoms. The molecular formula is C9H13SU-. The van der Waals surface area contributed by atoms with Crippen molar-refractivity contribution >= 4 is 12.6 Å². The van der Waals surface area contributed by atoms with Crippen molar-refractivity contribution in [2.24, 2.45) is 0 Å². The molecule has 0 heterocycles. The van der Waals surface area contributed by atoms with Crippen LogP contribution in [0.3, 0.4) is 0 Å². The summed E-state index contributed by atoms with van der Waals surface area (Å²) in [6, 6.07) is 10.5. The number of hydrogen-bond donors (Lipinski definition) is 0. The Morgan fingerprint density at radius 3 is 1.82 bits per heavy atom. The van der Waals surface area contributed by atoms with Gasteiger partial charge in [-0.05, 0) is 12.0 Å². The molecule has 11 heavy (non-hydrogen) atoms. The zero-order valence-corrected chi connectivity index (χ0v) is 12.0. The SMILES string of the molecule is CCc1ccccc1.C[S-].[U]. The van der Waals surface area contributed by atoms with E-state index in [2.05, 4.69) is 43.8 Å². The summed E-state index contributed by atoms with van der Waals surface area (Å²) in [6.07, 6.45) is 2.72. The van der Waals surface area contributed by atoms with Crippen molar-refractivity contribution in [2.75, 3.05) is 6.26 Å². The average Bonchev–Trinajstić information content (AvgIpc) is 2.10. The molecule has 1 rings (SSSR count). The molecule has 0 spiro atoms. The topological polar surface area (TPSA) is 0 Å². The zero-order valence-electron chi connectivity index (χ0n) is 7.00. The summed E-state index contributed by atoms with van der Waals surface area (Å²) in [7, 11) is 0. The van der Waals surface area contributed by atoms with Crippen LogP contribution in [-0.4, -0.2) is 6.26 Å². The summed E-state index contributed by atoms with van der Waals surface area (Å²) >= 11 is 4.08. The Balaban J connectivity index is 0. The molecule has 0 aliphatic carbocycles. The van der Waals surface area contributed by atoms with E-state index in [9.17, 15) is 0 Å². The molecule has 2 heteroatoms. The van der Waals surface area contributed by atoms with E-state index in [1.165, 1.54) is 5.56 Å². The van der Waals surface area contributed by atoms with Gasteiger partial charge in [0.25, 0.3) is 0 Å². The first-order valence-electron chi connectivity index (χ1n) is 3.38. The van der Waals surface area contributed by atoms with Crippen molar-refractivity contribution in [1.29, 1.82) is 0 Å². The van der Waals surface area contributed by atoms with Gasteiger partial charge in [-0.2, -0.15) is 6.26 Å². The van der Waals surface area contributed by atoms with E-state index >= 15 is 0 Å². The zero-order chi connectivity index (χ0) is 7.82. The second-order valence-corrected chi connectivity index (χ2v) is 1.84. The van der Waals surface area contributed by atoms with Crippen LogP contribution in [0.15, 0.2) is 30.3 Å². The van der Waals surface area contributed by atoms with E-state index in [1.807, 2.05) is 6.07 Å². The van der Waals surface area contributed by atoms with Gasteiger partial charge >= 0.3 is 0 Å². The van der Waals surface area contributed by atoms with Crippen LogP contribution in [0.4, 0.5) is 0 Å². The summed E-state index contributed by atoms with van der Waals surface area (Å²) in [5, 5.41) is 0. The molecule has 0 radical (unpaired) electrons. The normalized spacial score (nSPS) is 7.18. The van der Waals surface area contributed by atoms with E-state index in [4.69, 9.17) is 0 Å².